The fraction of sp³-hybridized carbons (Fsp3) is 0.821. The molecule has 0 radical (unpaired) electrons. The van der Waals surface area contributed by atoms with E-state index in [-0.39, 0.29) is 6.61 Å². The number of fused-ring (bicyclic) bond motifs is 5. The van der Waals surface area contributed by atoms with Gasteiger partial charge in [0.25, 0.3) is 0 Å². The fourth-order valence-corrected chi connectivity index (χ4v) is 8.05. The molecule has 4 aliphatic rings. The minimum absolute atomic E-state index is 0.268. The number of allylic oxidation sites excluding steroid dienone is 4. The molecular weight excluding hydrogens is 368 g/mol. The molecule has 0 amide bonds. The lowest BCUT2D eigenvalue weighted by atomic mass is 9.48. The summed E-state index contributed by atoms with van der Waals surface area (Å²) >= 11 is 0. The van der Waals surface area contributed by atoms with E-state index >= 15 is 0 Å². The van der Waals surface area contributed by atoms with E-state index in [1.165, 1.54) is 25.7 Å². The van der Waals surface area contributed by atoms with Crippen molar-refractivity contribution in [2.24, 2.45) is 52.3 Å². The lowest BCUT2D eigenvalue weighted by molar-refractivity contribution is -0.127. The van der Waals surface area contributed by atoms with Crippen LogP contribution in [0.3, 0.4) is 0 Å². The highest BCUT2D eigenvalue weighted by molar-refractivity contribution is 5.79. The van der Waals surface area contributed by atoms with Crippen LogP contribution in [0.25, 0.3) is 0 Å². The lowest BCUT2D eigenvalue weighted by Gasteiger charge is -2.57. The highest BCUT2D eigenvalue weighted by atomic mass is 16.3. The molecule has 168 valence electrons. The molecule has 3 fully saturated rings. The van der Waals surface area contributed by atoms with Crippen LogP contribution in [0.2, 0.25) is 0 Å². The molecule has 0 spiro atoms. The SMILES string of the molecule is CC(C=CC(C)C1CCC2C3=CCC4CC(=O)CCC4(C)C3CCC21C)C(C)CO. The number of aliphatic hydroxyl groups is 1. The standard InChI is InChI=1S/C28H44O2/c1-18(20(3)17-29)6-7-19(2)24-10-11-25-23-9-8-21-16-22(30)12-14-27(21,4)26(23)13-15-28(24,25)5/h6-7,9,18-21,24-26,29H,8,10-17H2,1-5H3. The molecule has 2 nitrogen and oxygen atoms in total. The van der Waals surface area contributed by atoms with Gasteiger partial charge in [0.05, 0.1) is 0 Å². The van der Waals surface area contributed by atoms with Crippen molar-refractivity contribution in [1.82, 2.24) is 0 Å². The van der Waals surface area contributed by atoms with Crippen LogP contribution >= 0.6 is 0 Å². The summed E-state index contributed by atoms with van der Waals surface area (Å²) in [4.78, 5) is 12.1. The molecule has 0 aromatic rings. The van der Waals surface area contributed by atoms with Crippen molar-refractivity contribution in [3.8, 4) is 0 Å². The van der Waals surface area contributed by atoms with Crippen molar-refractivity contribution in [1.29, 1.82) is 0 Å². The van der Waals surface area contributed by atoms with Crippen LogP contribution in [0.4, 0.5) is 0 Å². The molecule has 30 heavy (non-hydrogen) atoms. The Labute approximate surface area is 184 Å². The van der Waals surface area contributed by atoms with Gasteiger partial charge in [-0.2, -0.15) is 0 Å². The maximum absolute atomic E-state index is 12.1. The third-order valence-corrected chi connectivity index (χ3v) is 10.5. The van der Waals surface area contributed by atoms with E-state index in [1.807, 2.05) is 0 Å². The number of aliphatic hydroxyl groups excluding tert-OH is 1. The van der Waals surface area contributed by atoms with Gasteiger partial charge in [-0.05, 0) is 90.8 Å². The van der Waals surface area contributed by atoms with Gasteiger partial charge < -0.3 is 5.11 Å². The molecule has 0 bridgehead atoms. The summed E-state index contributed by atoms with van der Waals surface area (Å²) in [7, 11) is 0. The summed E-state index contributed by atoms with van der Waals surface area (Å²) in [5.41, 5.74) is 2.57. The fourth-order valence-electron chi connectivity index (χ4n) is 8.05. The van der Waals surface area contributed by atoms with Gasteiger partial charge in [-0.25, -0.2) is 0 Å². The second-order valence-corrected chi connectivity index (χ2v) is 12.0. The van der Waals surface area contributed by atoms with E-state index < -0.39 is 0 Å². The van der Waals surface area contributed by atoms with Crippen molar-refractivity contribution in [2.75, 3.05) is 6.61 Å². The smallest absolute Gasteiger partial charge is 0.133 e. The highest BCUT2D eigenvalue weighted by Gasteiger charge is 2.58. The summed E-state index contributed by atoms with van der Waals surface area (Å²) in [6.45, 7) is 12.2. The summed E-state index contributed by atoms with van der Waals surface area (Å²) in [5.74, 6) is 4.69. The van der Waals surface area contributed by atoms with Crippen LogP contribution in [0.15, 0.2) is 23.8 Å². The van der Waals surface area contributed by atoms with Crippen LogP contribution in [0.5, 0.6) is 0 Å². The van der Waals surface area contributed by atoms with E-state index in [1.54, 1.807) is 5.57 Å². The normalized spacial score (nSPS) is 44.1. The first-order valence-corrected chi connectivity index (χ1v) is 12.7. The summed E-state index contributed by atoms with van der Waals surface area (Å²) in [6.07, 6.45) is 16.7. The zero-order chi connectivity index (χ0) is 21.7. The van der Waals surface area contributed by atoms with Gasteiger partial charge in [-0.15, -0.1) is 0 Å². The minimum Gasteiger partial charge on any atom is -0.396 e. The van der Waals surface area contributed by atoms with E-state index in [0.717, 1.165) is 43.4 Å². The molecule has 0 aromatic carbocycles. The zero-order valence-corrected chi connectivity index (χ0v) is 20.0. The molecule has 3 saturated carbocycles. The predicted molar refractivity (Wildman–Crippen MR) is 124 cm³/mol. The Hall–Kier alpha value is -0.890. The summed E-state index contributed by atoms with van der Waals surface area (Å²) in [5, 5.41) is 9.45. The molecule has 1 N–H and O–H groups in total. The van der Waals surface area contributed by atoms with E-state index in [2.05, 4.69) is 52.8 Å². The minimum atomic E-state index is 0.268. The third kappa shape index (κ3) is 3.55. The van der Waals surface area contributed by atoms with Crippen molar-refractivity contribution < 1.29 is 9.90 Å². The van der Waals surface area contributed by atoms with Crippen molar-refractivity contribution in [3.63, 3.8) is 0 Å². The van der Waals surface area contributed by atoms with Gasteiger partial charge in [0.15, 0.2) is 0 Å². The maximum Gasteiger partial charge on any atom is 0.133 e. The van der Waals surface area contributed by atoms with Gasteiger partial charge in [0.1, 0.15) is 5.78 Å². The monoisotopic (exact) mass is 412 g/mol. The van der Waals surface area contributed by atoms with Crippen LogP contribution in [-0.4, -0.2) is 17.5 Å². The topological polar surface area (TPSA) is 37.3 Å². The van der Waals surface area contributed by atoms with Gasteiger partial charge in [-0.1, -0.05) is 58.4 Å². The number of hydrogen-bond acceptors (Lipinski definition) is 2. The van der Waals surface area contributed by atoms with Crippen molar-refractivity contribution in [2.45, 2.75) is 86.0 Å². The maximum atomic E-state index is 12.1. The Bertz CT molecular complexity index is 720. The van der Waals surface area contributed by atoms with Gasteiger partial charge in [-0.3, -0.25) is 4.79 Å². The Morgan fingerprint density at radius 3 is 2.53 bits per heavy atom. The largest absolute Gasteiger partial charge is 0.396 e. The van der Waals surface area contributed by atoms with E-state index in [4.69, 9.17) is 0 Å². The average molecular weight is 413 g/mol. The Kier molecular flexibility index (Phi) is 6.12. The van der Waals surface area contributed by atoms with Crippen LogP contribution in [-0.2, 0) is 4.79 Å². The molecule has 9 unspecified atom stereocenters. The Morgan fingerprint density at radius 1 is 1.07 bits per heavy atom. The Balaban J connectivity index is 1.52. The first-order chi connectivity index (χ1) is 14.2. The number of carbonyl (C=O) groups is 1. The molecule has 4 rings (SSSR count). The van der Waals surface area contributed by atoms with Crippen LogP contribution in [0, 0.1) is 52.3 Å². The molecule has 0 aliphatic heterocycles. The van der Waals surface area contributed by atoms with Gasteiger partial charge >= 0.3 is 0 Å². The second kappa shape index (κ2) is 8.23. The molecule has 0 aromatic heterocycles. The molecule has 9 atom stereocenters. The van der Waals surface area contributed by atoms with Crippen molar-refractivity contribution >= 4 is 5.78 Å². The highest BCUT2D eigenvalue weighted by Crippen LogP contribution is 2.66. The average Bonchev–Trinajstić information content (AvgIpc) is 3.09. The zero-order valence-electron chi connectivity index (χ0n) is 20.0. The predicted octanol–water partition coefficient (Wildman–Crippen LogP) is 6.59. The number of carbonyl (C=O) groups excluding carboxylic acids is 1. The van der Waals surface area contributed by atoms with E-state index in [9.17, 15) is 9.90 Å². The number of Topliss-reactive ketones (excluding diaryl/α,β-unsaturated/α-hetero) is 1. The Morgan fingerprint density at radius 2 is 1.80 bits per heavy atom. The number of ketones is 1. The lowest BCUT2D eigenvalue weighted by Crippen LogP contribution is -2.49. The number of hydrogen-bond donors (Lipinski definition) is 1. The second-order valence-electron chi connectivity index (χ2n) is 12.0. The van der Waals surface area contributed by atoms with Gasteiger partial charge in [0, 0.05) is 19.4 Å². The quantitative estimate of drug-likeness (QED) is 0.517. The summed E-state index contributed by atoms with van der Waals surface area (Å²) in [6, 6.07) is 0. The van der Waals surface area contributed by atoms with Gasteiger partial charge in [0.2, 0.25) is 0 Å². The number of rotatable bonds is 5. The molecular formula is C28H44O2. The van der Waals surface area contributed by atoms with Crippen LogP contribution in [0.1, 0.15) is 86.0 Å². The molecule has 0 heterocycles. The molecule has 2 heteroatoms. The van der Waals surface area contributed by atoms with Crippen LogP contribution < -0.4 is 0 Å². The van der Waals surface area contributed by atoms with E-state index in [0.29, 0.717) is 40.3 Å². The first-order valence-electron chi connectivity index (χ1n) is 12.7. The first kappa shape index (κ1) is 22.3. The molecule has 0 saturated heterocycles. The van der Waals surface area contributed by atoms with Crippen molar-refractivity contribution in [3.05, 3.63) is 23.8 Å². The molecule has 4 aliphatic carbocycles. The summed E-state index contributed by atoms with van der Waals surface area (Å²) < 4.78 is 0. The third-order valence-electron chi connectivity index (χ3n) is 10.5.